The molecule has 2 heterocycles. The van der Waals surface area contributed by atoms with Crippen molar-refractivity contribution in [3.8, 4) is 11.5 Å². The second kappa shape index (κ2) is 14.9. The van der Waals surface area contributed by atoms with E-state index in [-0.39, 0.29) is 30.5 Å². The molecule has 1 aromatic heterocycles. The molecule has 1 aliphatic heterocycles. The molecule has 0 radical (unpaired) electrons. The average molecular weight is 776 g/mol. The van der Waals surface area contributed by atoms with Gasteiger partial charge in [-0.05, 0) is 68.6 Å². The SMILES string of the molecule is C=C[C@@H]1C[C@]1(NC(=O)C1CC(Oc2ccnc3c(Cl)c(OC)ccc23)CN1C(=O)C(NC(=O)OC1CCCC1)C(C)(C)C)C(=O)NS(=O)(=O)OC1CC1. The molecule has 3 aliphatic carbocycles. The Balaban J connectivity index is 1.27. The fraction of sp³-hybridized carbons (Fsp3) is 0.583. The minimum Gasteiger partial charge on any atom is -0.495 e. The number of alkyl carbamates (subject to hydrolysis) is 1. The molecule has 2 aromatic rings. The summed E-state index contributed by atoms with van der Waals surface area (Å²) in [5, 5.41) is 6.35. The number of aromatic nitrogens is 1. The maximum Gasteiger partial charge on any atom is 0.408 e. The van der Waals surface area contributed by atoms with Gasteiger partial charge < -0.3 is 29.7 Å². The highest BCUT2D eigenvalue weighted by Crippen LogP contribution is 2.45. The Morgan fingerprint density at radius 1 is 1.06 bits per heavy atom. The lowest BCUT2D eigenvalue weighted by molar-refractivity contribution is -0.143. The number of methoxy groups -OCH3 is 1. The number of carbonyl (C=O) groups excluding carboxylic acids is 4. The molecule has 0 bridgehead atoms. The standard InChI is InChI=1S/C36H46ClN5O10S/c1-6-20-18-36(20,33(45)41-53(47,48)52-22-11-12-22)40-31(43)25-17-23(50-26-15-16-38-29-24(26)13-14-27(49-5)28(29)37)19-42(25)32(44)30(35(2,3)4)39-34(46)51-21-9-7-8-10-21/h6,13-16,20-23,25,30H,1,7-12,17-19H2,2-5H3,(H,39,46)(H,40,43)(H,41,45)/t20-,23?,25?,30?,36-/m1/s1. The van der Waals surface area contributed by atoms with Crippen molar-refractivity contribution < 1.29 is 46.0 Å². The first kappa shape index (κ1) is 38.6. The summed E-state index contributed by atoms with van der Waals surface area (Å²) in [5.74, 6) is -2.01. The van der Waals surface area contributed by atoms with Gasteiger partial charge in [-0.1, -0.05) is 38.4 Å². The summed E-state index contributed by atoms with van der Waals surface area (Å²) in [6.07, 6.45) is 5.35. The van der Waals surface area contributed by atoms with E-state index in [1.54, 1.807) is 39.0 Å². The van der Waals surface area contributed by atoms with Gasteiger partial charge >= 0.3 is 16.4 Å². The third-order valence-corrected chi connectivity index (χ3v) is 11.5. The molecule has 4 fully saturated rings. The van der Waals surface area contributed by atoms with E-state index in [9.17, 15) is 27.6 Å². The van der Waals surface area contributed by atoms with Crippen molar-refractivity contribution in [1.82, 2.24) is 25.2 Å². The van der Waals surface area contributed by atoms with E-state index in [2.05, 4.69) is 22.2 Å². The number of ether oxygens (including phenoxy) is 3. The van der Waals surface area contributed by atoms with Gasteiger partial charge in [0, 0.05) is 23.9 Å². The first-order valence-corrected chi connectivity index (χ1v) is 19.6. The molecule has 4 amide bonds. The summed E-state index contributed by atoms with van der Waals surface area (Å²) in [4.78, 5) is 61.0. The Kier molecular flexibility index (Phi) is 10.9. The van der Waals surface area contributed by atoms with E-state index < -0.39 is 75.3 Å². The Labute approximate surface area is 313 Å². The number of hydrogen-bond donors (Lipinski definition) is 3. The minimum absolute atomic E-state index is 0.00575. The van der Waals surface area contributed by atoms with Gasteiger partial charge in [-0.25, -0.2) is 9.52 Å². The molecule has 1 aromatic carbocycles. The summed E-state index contributed by atoms with van der Waals surface area (Å²) < 4.78 is 49.4. The van der Waals surface area contributed by atoms with E-state index in [0.717, 1.165) is 25.7 Å². The topological polar surface area (TPSA) is 192 Å². The van der Waals surface area contributed by atoms with Crippen LogP contribution in [0.3, 0.4) is 0 Å². The average Bonchev–Trinajstić information content (AvgIpc) is 3.92. The molecule has 6 rings (SSSR count). The summed E-state index contributed by atoms with van der Waals surface area (Å²) in [7, 11) is -2.94. The van der Waals surface area contributed by atoms with Gasteiger partial charge in [-0.3, -0.25) is 23.6 Å². The highest BCUT2D eigenvalue weighted by molar-refractivity contribution is 7.85. The quantitative estimate of drug-likeness (QED) is 0.250. The summed E-state index contributed by atoms with van der Waals surface area (Å²) in [6, 6.07) is 2.77. The van der Waals surface area contributed by atoms with Crippen LogP contribution in [0.1, 0.15) is 72.1 Å². The summed E-state index contributed by atoms with van der Waals surface area (Å²) in [6.45, 7) is 9.04. The maximum atomic E-state index is 14.5. The smallest absolute Gasteiger partial charge is 0.408 e. The van der Waals surface area contributed by atoms with Crippen molar-refractivity contribution in [1.29, 1.82) is 0 Å². The monoisotopic (exact) mass is 775 g/mol. The maximum absolute atomic E-state index is 14.5. The first-order chi connectivity index (χ1) is 25.0. The van der Waals surface area contributed by atoms with Gasteiger partial charge in [0.2, 0.25) is 11.8 Å². The number of amides is 4. The zero-order chi connectivity index (χ0) is 38.3. The molecule has 0 spiro atoms. The molecule has 288 valence electrons. The predicted octanol–water partition coefficient (Wildman–Crippen LogP) is 3.93. The number of halogens is 1. The zero-order valence-electron chi connectivity index (χ0n) is 30.2. The second-order valence-electron chi connectivity index (χ2n) is 15.2. The number of fused-ring (bicyclic) bond motifs is 1. The number of likely N-dealkylation sites (tertiary alicyclic amines) is 1. The van der Waals surface area contributed by atoms with Crippen molar-refractivity contribution in [2.45, 2.75) is 108 Å². The van der Waals surface area contributed by atoms with Gasteiger partial charge in [0.15, 0.2) is 0 Å². The number of nitrogens with one attached hydrogen (secondary N) is 3. The highest BCUT2D eigenvalue weighted by atomic mass is 35.5. The molecule has 4 aliphatic rings. The number of benzene rings is 1. The minimum atomic E-state index is -4.43. The fourth-order valence-electron chi connectivity index (χ4n) is 6.99. The Morgan fingerprint density at radius 3 is 2.40 bits per heavy atom. The molecular weight excluding hydrogens is 730 g/mol. The first-order valence-electron chi connectivity index (χ1n) is 17.8. The van der Waals surface area contributed by atoms with Crippen LogP contribution >= 0.6 is 11.6 Å². The number of hydrogen-bond acceptors (Lipinski definition) is 11. The zero-order valence-corrected chi connectivity index (χ0v) is 31.8. The van der Waals surface area contributed by atoms with Crippen LogP contribution in [0.4, 0.5) is 4.79 Å². The second-order valence-corrected chi connectivity index (χ2v) is 16.9. The fourth-order valence-corrected chi connectivity index (χ4v) is 8.29. The number of carbonyl (C=O) groups is 4. The van der Waals surface area contributed by atoms with Crippen LogP contribution in [0.5, 0.6) is 11.5 Å². The van der Waals surface area contributed by atoms with Gasteiger partial charge in [-0.15, -0.1) is 6.58 Å². The lowest BCUT2D eigenvalue weighted by Gasteiger charge is -2.35. The van der Waals surface area contributed by atoms with Crippen LogP contribution in [-0.4, -0.2) is 91.7 Å². The van der Waals surface area contributed by atoms with Crippen molar-refractivity contribution in [3.63, 3.8) is 0 Å². The lowest BCUT2D eigenvalue weighted by atomic mass is 9.85. The van der Waals surface area contributed by atoms with Gasteiger partial charge in [0.1, 0.15) is 46.4 Å². The number of nitrogens with zero attached hydrogens (tertiary/aromatic N) is 2. The molecule has 17 heteroatoms. The molecule has 5 atom stereocenters. The molecule has 15 nitrogen and oxygen atoms in total. The Bertz CT molecular complexity index is 1890. The van der Waals surface area contributed by atoms with Crippen molar-refractivity contribution in [2.75, 3.05) is 13.7 Å². The summed E-state index contributed by atoms with van der Waals surface area (Å²) in [5.41, 5.74) is -2.03. The van der Waals surface area contributed by atoms with E-state index in [1.807, 2.05) is 4.72 Å². The number of pyridine rings is 1. The molecule has 3 N–H and O–H groups in total. The normalized spacial score (nSPS) is 25.0. The van der Waals surface area contributed by atoms with E-state index >= 15 is 0 Å². The predicted molar refractivity (Wildman–Crippen MR) is 193 cm³/mol. The van der Waals surface area contributed by atoms with E-state index in [0.29, 0.717) is 35.2 Å². The van der Waals surface area contributed by atoms with Crippen LogP contribution in [0.15, 0.2) is 37.1 Å². The van der Waals surface area contributed by atoms with Crippen LogP contribution in [0, 0.1) is 11.3 Å². The molecule has 1 saturated heterocycles. The largest absolute Gasteiger partial charge is 0.495 e. The molecule has 3 unspecified atom stereocenters. The number of rotatable bonds is 13. The van der Waals surface area contributed by atoms with Gasteiger partial charge in [0.05, 0.1) is 25.3 Å². The lowest BCUT2D eigenvalue weighted by Crippen LogP contribution is -2.60. The highest BCUT2D eigenvalue weighted by Gasteiger charge is 2.62. The van der Waals surface area contributed by atoms with Crippen molar-refractivity contribution >= 4 is 56.6 Å². The molecular formula is C36H46ClN5O10S. The Morgan fingerprint density at radius 2 is 1.77 bits per heavy atom. The van der Waals surface area contributed by atoms with Gasteiger partial charge in [-0.2, -0.15) is 8.42 Å². The van der Waals surface area contributed by atoms with Crippen LogP contribution < -0.4 is 24.8 Å². The third kappa shape index (κ3) is 8.49. The van der Waals surface area contributed by atoms with Crippen LogP contribution in [-0.2, 0) is 33.6 Å². The van der Waals surface area contributed by atoms with Crippen LogP contribution in [0.25, 0.3) is 10.9 Å². The Hall–Kier alpha value is -4.15. The third-order valence-electron chi connectivity index (χ3n) is 10.1. The summed E-state index contributed by atoms with van der Waals surface area (Å²) >= 11 is 6.54. The van der Waals surface area contributed by atoms with E-state index in [1.165, 1.54) is 24.3 Å². The van der Waals surface area contributed by atoms with Crippen molar-refractivity contribution in [2.24, 2.45) is 11.3 Å². The van der Waals surface area contributed by atoms with Crippen LogP contribution in [0.2, 0.25) is 5.02 Å². The van der Waals surface area contributed by atoms with Gasteiger partial charge in [0.25, 0.3) is 5.91 Å². The molecule has 53 heavy (non-hydrogen) atoms. The molecule has 3 saturated carbocycles. The van der Waals surface area contributed by atoms with E-state index in [4.69, 9.17) is 30.0 Å². The van der Waals surface area contributed by atoms with Crippen molar-refractivity contribution in [3.05, 3.63) is 42.1 Å².